The van der Waals surface area contributed by atoms with Crippen molar-refractivity contribution in [1.29, 1.82) is 0 Å². The Hall–Kier alpha value is -1.67. The summed E-state index contributed by atoms with van der Waals surface area (Å²) in [6.07, 6.45) is 1.62. The van der Waals surface area contributed by atoms with E-state index >= 15 is 0 Å². The van der Waals surface area contributed by atoms with Crippen molar-refractivity contribution >= 4 is 17.4 Å². The average Bonchev–Trinajstić information content (AvgIpc) is 2.55. The molecule has 1 aromatic heterocycles. The highest BCUT2D eigenvalue weighted by Gasteiger charge is 2.28. The Bertz CT molecular complexity index is 578. The fraction of sp³-hybridized carbons (Fsp3) is 0. The molecule has 2 aromatic rings. The molecule has 0 atom stereocenters. The molecular formula is C12H6ClNO. The van der Waals surface area contributed by atoms with Gasteiger partial charge >= 0.3 is 0 Å². The zero-order valence-electron chi connectivity index (χ0n) is 7.70. The highest BCUT2D eigenvalue weighted by Crippen LogP contribution is 2.38. The first kappa shape index (κ1) is 8.62. The molecule has 0 saturated carbocycles. The monoisotopic (exact) mass is 215 g/mol. The van der Waals surface area contributed by atoms with Crippen molar-refractivity contribution in [2.24, 2.45) is 0 Å². The van der Waals surface area contributed by atoms with Gasteiger partial charge in [-0.2, -0.15) is 0 Å². The summed E-state index contributed by atoms with van der Waals surface area (Å²) in [6, 6.07) is 9.33. The van der Waals surface area contributed by atoms with Crippen molar-refractivity contribution in [3.8, 4) is 11.1 Å². The lowest BCUT2D eigenvalue weighted by atomic mass is 10.1. The van der Waals surface area contributed by atoms with E-state index in [1.807, 2.05) is 30.3 Å². The predicted molar refractivity (Wildman–Crippen MR) is 58.1 cm³/mol. The summed E-state index contributed by atoms with van der Waals surface area (Å²) in [5.41, 5.74) is 3.07. The molecule has 3 rings (SSSR count). The average molecular weight is 216 g/mol. The Morgan fingerprint density at radius 1 is 1.00 bits per heavy atom. The second kappa shape index (κ2) is 2.91. The summed E-state index contributed by atoms with van der Waals surface area (Å²) in [7, 11) is 0. The van der Waals surface area contributed by atoms with Gasteiger partial charge in [-0.15, -0.1) is 0 Å². The number of halogens is 1. The number of benzene rings is 1. The molecule has 0 fully saturated rings. The first-order chi connectivity index (χ1) is 7.29. The van der Waals surface area contributed by atoms with Gasteiger partial charge in [0.05, 0.1) is 5.56 Å². The molecule has 72 valence electrons. The number of carbonyl (C=O) groups is 1. The molecule has 1 aliphatic carbocycles. The number of nitrogens with zero attached hydrogens (tertiary/aromatic N) is 1. The van der Waals surface area contributed by atoms with Crippen LogP contribution in [0, 0.1) is 0 Å². The van der Waals surface area contributed by atoms with Gasteiger partial charge < -0.3 is 0 Å². The molecule has 0 saturated heterocycles. The van der Waals surface area contributed by atoms with Gasteiger partial charge in [0.1, 0.15) is 5.15 Å². The number of hydrogen-bond acceptors (Lipinski definition) is 2. The Morgan fingerprint density at radius 2 is 1.73 bits per heavy atom. The van der Waals surface area contributed by atoms with E-state index in [1.165, 1.54) is 0 Å². The summed E-state index contributed by atoms with van der Waals surface area (Å²) in [5.74, 6) is -0.0290. The predicted octanol–water partition coefficient (Wildman–Crippen LogP) is 2.95. The van der Waals surface area contributed by atoms with Crippen LogP contribution >= 0.6 is 11.6 Å². The molecule has 1 aromatic carbocycles. The number of carbonyl (C=O) groups excluding carboxylic acids is 1. The van der Waals surface area contributed by atoms with E-state index in [-0.39, 0.29) is 10.9 Å². The molecule has 1 heterocycles. The van der Waals surface area contributed by atoms with Crippen molar-refractivity contribution in [2.75, 3.05) is 0 Å². The molecule has 3 heteroatoms. The topological polar surface area (TPSA) is 30.0 Å². The minimum atomic E-state index is -0.0290. The molecule has 0 radical (unpaired) electrons. The number of rotatable bonds is 0. The number of pyridine rings is 1. The van der Waals surface area contributed by atoms with Crippen LogP contribution in [0.1, 0.15) is 15.9 Å². The lowest BCUT2D eigenvalue weighted by Gasteiger charge is -1.98. The van der Waals surface area contributed by atoms with E-state index in [0.29, 0.717) is 11.1 Å². The third kappa shape index (κ3) is 1.05. The second-order valence-corrected chi connectivity index (χ2v) is 3.76. The largest absolute Gasteiger partial charge is 0.288 e. The van der Waals surface area contributed by atoms with E-state index in [4.69, 9.17) is 11.6 Å². The van der Waals surface area contributed by atoms with Crippen LogP contribution in [0.4, 0.5) is 0 Å². The number of fused-ring (bicyclic) bond motifs is 3. The fourth-order valence-corrected chi connectivity index (χ4v) is 2.17. The van der Waals surface area contributed by atoms with Crippen LogP contribution in [0.25, 0.3) is 11.1 Å². The zero-order valence-corrected chi connectivity index (χ0v) is 8.45. The lowest BCUT2D eigenvalue weighted by Crippen LogP contribution is -1.96. The Kier molecular flexibility index (Phi) is 1.67. The van der Waals surface area contributed by atoms with E-state index in [0.717, 1.165) is 11.1 Å². The summed E-state index contributed by atoms with van der Waals surface area (Å²) >= 11 is 5.92. The van der Waals surface area contributed by atoms with Crippen molar-refractivity contribution in [1.82, 2.24) is 4.98 Å². The van der Waals surface area contributed by atoms with E-state index < -0.39 is 0 Å². The molecule has 0 unspecified atom stereocenters. The van der Waals surface area contributed by atoms with Gasteiger partial charge in [-0.05, 0) is 17.2 Å². The van der Waals surface area contributed by atoms with Gasteiger partial charge in [0.25, 0.3) is 0 Å². The molecule has 0 bridgehead atoms. The van der Waals surface area contributed by atoms with Crippen molar-refractivity contribution in [2.45, 2.75) is 0 Å². The molecule has 0 spiro atoms. The quantitative estimate of drug-likeness (QED) is 0.540. The van der Waals surface area contributed by atoms with Gasteiger partial charge in [0, 0.05) is 11.8 Å². The van der Waals surface area contributed by atoms with Gasteiger partial charge in [0.15, 0.2) is 5.78 Å². The summed E-state index contributed by atoms with van der Waals surface area (Å²) in [4.78, 5) is 15.9. The van der Waals surface area contributed by atoms with E-state index in [9.17, 15) is 4.79 Å². The summed E-state index contributed by atoms with van der Waals surface area (Å²) in [6.45, 7) is 0. The smallest absolute Gasteiger partial charge is 0.197 e. The lowest BCUT2D eigenvalue weighted by molar-refractivity contribution is 0.104. The third-order valence-electron chi connectivity index (χ3n) is 2.59. The number of hydrogen-bond donors (Lipinski definition) is 0. The molecule has 0 amide bonds. The Balaban J connectivity index is 2.43. The van der Waals surface area contributed by atoms with Crippen molar-refractivity contribution in [3.05, 3.63) is 52.8 Å². The van der Waals surface area contributed by atoms with Crippen LogP contribution in [0.2, 0.25) is 5.15 Å². The first-order valence-corrected chi connectivity index (χ1v) is 4.95. The number of aromatic nitrogens is 1. The van der Waals surface area contributed by atoms with Crippen molar-refractivity contribution < 1.29 is 4.79 Å². The normalized spacial score (nSPS) is 12.5. The van der Waals surface area contributed by atoms with Crippen LogP contribution in [-0.2, 0) is 0 Å². The minimum absolute atomic E-state index is 0.0290. The summed E-state index contributed by atoms with van der Waals surface area (Å²) < 4.78 is 0. The molecule has 0 aliphatic heterocycles. The maximum absolute atomic E-state index is 12.0. The maximum Gasteiger partial charge on any atom is 0.197 e. The molecule has 0 N–H and O–H groups in total. The molecular weight excluding hydrogens is 210 g/mol. The summed E-state index contributed by atoms with van der Waals surface area (Å²) in [5, 5.41) is 0.286. The van der Waals surface area contributed by atoms with E-state index in [2.05, 4.69) is 4.98 Å². The molecule has 1 aliphatic rings. The maximum atomic E-state index is 12.0. The van der Waals surface area contributed by atoms with E-state index in [1.54, 1.807) is 6.20 Å². The SMILES string of the molecule is O=C1c2ccccc2-c2ccnc(Cl)c21. The standard InChI is InChI=1S/C12H6ClNO/c13-12-10-8(5-6-14-12)7-3-1-2-4-9(7)11(10)15/h1-6H. The minimum Gasteiger partial charge on any atom is -0.288 e. The van der Waals surface area contributed by atoms with Crippen LogP contribution in [0.5, 0.6) is 0 Å². The Morgan fingerprint density at radius 3 is 2.53 bits per heavy atom. The first-order valence-electron chi connectivity index (χ1n) is 4.57. The van der Waals surface area contributed by atoms with Crippen molar-refractivity contribution in [3.63, 3.8) is 0 Å². The van der Waals surface area contributed by atoms with Gasteiger partial charge in [-0.1, -0.05) is 35.9 Å². The third-order valence-corrected chi connectivity index (χ3v) is 2.88. The highest BCUT2D eigenvalue weighted by molar-refractivity contribution is 6.36. The zero-order chi connectivity index (χ0) is 10.4. The van der Waals surface area contributed by atoms with Crippen LogP contribution in [0.15, 0.2) is 36.5 Å². The fourth-order valence-electron chi connectivity index (χ4n) is 1.93. The number of ketones is 1. The Labute approximate surface area is 91.5 Å². The molecule has 2 nitrogen and oxygen atoms in total. The van der Waals surface area contributed by atoms with Crippen LogP contribution < -0.4 is 0 Å². The van der Waals surface area contributed by atoms with Crippen LogP contribution in [0.3, 0.4) is 0 Å². The molecule has 15 heavy (non-hydrogen) atoms. The highest BCUT2D eigenvalue weighted by atomic mass is 35.5. The van der Waals surface area contributed by atoms with Crippen LogP contribution in [-0.4, -0.2) is 10.8 Å². The van der Waals surface area contributed by atoms with Gasteiger partial charge in [0.2, 0.25) is 0 Å². The van der Waals surface area contributed by atoms with Gasteiger partial charge in [-0.25, -0.2) is 4.98 Å². The second-order valence-electron chi connectivity index (χ2n) is 3.40. The van der Waals surface area contributed by atoms with Gasteiger partial charge in [-0.3, -0.25) is 4.79 Å².